The van der Waals surface area contributed by atoms with E-state index in [1.807, 2.05) is 66.7 Å². The van der Waals surface area contributed by atoms with E-state index in [-0.39, 0.29) is 105 Å². The Morgan fingerprint density at radius 3 is 2.19 bits per heavy atom. The highest BCUT2D eigenvalue weighted by atomic mass is 31.2. The Balaban J connectivity index is 0.847. The second-order valence-corrected chi connectivity index (χ2v) is 23.8. The highest BCUT2D eigenvalue weighted by Crippen LogP contribution is 2.59. The molecule has 0 bridgehead atoms. The largest absolute Gasteiger partial charge is 0.399 e. The van der Waals surface area contributed by atoms with Gasteiger partial charge >= 0.3 is 19.3 Å². The van der Waals surface area contributed by atoms with Gasteiger partial charge in [-0.05, 0) is 105 Å². The molecule has 1 aromatic heterocycles. The van der Waals surface area contributed by atoms with Crippen LogP contribution in [0.1, 0.15) is 125 Å². The van der Waals surface area contributed by atoms with Gasteiger partial charge in [0.1, 0.15) is 29.9 Å². The number of aromatic nitrogens is 1. The minimum absolute atomic E-state index is 0.00923. The number of nitrogens with one attached hydrogen (secondary N) is 6. The smallest absolute Gasteiger partial charge is 0.370 e. The summed E-state index contributed by atoms with van der Waals surface area (Å²) in [5.41, 5.74) is 3.21. The first kappa shape index (κ1) is 59.4. The molecule has 5 atom stereocenters. The fraction of sp³-hybridized carbons (Fsp3) is 0.383. The number of urea groups is 1. The van der Waals surface area contributed by atoms with E-state index in [4.69, 9.17) is 5.73 Å². The molecular formula is C60H63F2N10O12P. The van der Waals surface area contributed by atoms with Crippen molar-refractivity contribution in [1.29, 1.82) is 0 Å². The number of amides is 10. The summed E-state index contributed by atoms with van der Waals surface area (Å²) >= 11 is 0. The number of aromatic amines is 1. The van der Waals surface area contributed by atoms with Gasteiger partial charge in [0.05, 0.1) is 12.6 Å². The summed E-state index contributed by atoms with van der Waals surface area (Å²) in [7, 11) is -5.95. The van der Waals surface area contributed by atoms with Crippen molar-refractivity contribution in [3.8, 4) is 11.8 Å². The van der Waals surface area contributed by atoms with Gasteiger partial charge in [-0.2, -0.15) is 8.78 Å². The number of hydrogen-bond donors (Lipinski definition) is 9. The van der Waals surface area contributed by atoms with E-state index in [0.717, 1.165) is 29.3 Å². The van der Waals surface area contributed by atoms with E-state index in [1.54, 1.807) is 12.1 Å². The second-order valence-electron chi connectivity index (χ2n) is 22.2. The molecule has 10 rings (SSSR count). The fourth-order valence-electron chi connectivity index (χ4n) is 12.0. The number of fused-ring (bicyclic) bond motifs is 3. The lowest BCUT2D eigenvalue weighted by Crippen LogP contribution is -2.63. The molecule has 1 aliphatic carbocycles. The number of primary amides is 1. The summed E-state index contributed by atoms with van der Waals surface area (Å²) < 4.78 is 41.3. The molecule has 4 fully saturated rings. The zero-order chi connectivity index (χ0) is 60.3. The maximum Gasteiger partial charge on any atom is 0.399 e. The van der Waals surface area contributed by atoms with E-state index < -0.39 is 96.5 Å². The highest BCUT2D eigenvalue weighted by Gasteiger charge is 2.51. The van der Waals surface area contributed by atoms with Gasteiger partial charge in [-0.3, -0.25) is 48.2 Å². The lowest BCUT2D eigenvalue weighted by Gasteiger charge is -2.39. The van der Waals surface area contributed by atoms with Crippen LogP contribution in [0.3, 0.4) is 0 Å². The van der Waals surface area contributed by atoms with E-state index in [0.29, 0.717) is 42.4 Å². The molecule has 3 saturated heterocycles. The molecule has 5 aliphatic rings. The van der Waals surface area contributed by atoms with E-state index in [2.05, 4.69) is 43.4 Å². The monoisotopic (exact) mass is 1180 g/mol. The van der Waals surface area contributed by atoms with Gasteiger partial charge in [0, 0.05) is 71.5 Å². The third kappa shape index (κ3) is 13.0. The molecule has 5 heterocycles. The second kappa shape index (κ2) is 24.8. The number of carbonyl (C=O) groups is 9. The third-order valence-corrected chi connectivity index (χ3v) is 17.6. The average Bonchev–Trinajstić information content (AvgIpc) is 3.10. The molecule has 1 unspecified atom stereocenters. The van der Waals surface area contributed by atoms with Crippen LogP contribution in [0.4, 0.5) is 13.6 Å². The number of carbonyl (C=O) groups excluding carboxylic acids is 9. The lowest BCUT2D eigenvalue weighted by molar-refractivity contribution is -0.143. The lowest BCUT2D eigenvalue weighted by atomic mass is 9.86. The SMILES string of the molecule is NC(=O)CC[C@H](NC(=O)[C@@H]1CC[C@@H]2CCN(C(=O)NC3CCC(C#Cc4cccc5c4CN(C4CCC(=O)NC4=O)C5=O)CC3)C[C@H](NC(=O)c3cc4cc(C(F)(F)P(=O)(O)O)ccc4[nH]3)C(=O)N21)C(=O)NC(c1ccccc1)c1ccccc1. The van der Waals surface area contributed by atoms with Crippen LogP contribution in [0.25, 0.3) is 10.9 Å². The number of nitrogens with two attached hydrogens (primary N) is 1. The summed E-state index contributed by atoms with van der Waals surface area (Å²) in [6.45, 7) is -0.141. The topological polar surface area (TPSA) is 323 Å². The van der Waals surface area contributed by atoms with Crippen LogP contribution in [-0.2, 0) is 45.5 Å². The van der Waals surface area contributed by atoms with Crippen LogP contribution in [0.15, 0.2) is 103 Å². The molecule has 4 aliphatic heterocycles. The van der Waals surface area contributed by atoms with Gasteiger partial charge in [0.15, 0.2) is 0 Å². The number of H-pyrrole nitrogens is 1. The number of halogens is 2. The van der Waals surface area contributed by atoms with E-state index >= 15 is 4.79 Å². The van der Waals surface area contributed by atoms with Crippen molar-refractivity contribution in [2.24, 2.45) is 11.7 Å². The van der Waals surface area contributed by atoms with Crippen LogP contribution in [-0.4, -0.2) is 132 Å². The standard InChI is InChI=1S/C60H63F2N10O12P/c61-60(62,85(82,83)84)39-18-22-44-38(30-39)31-46(65-44)54(76)67-47-33-70(59(81)64-40-19-15-34(16-20-40)14-17-35-12-7-13-42-43(35)32-71(57(42)79)48-25-27-51(74)68-55(48)77)29-28-41-21-24-49(72(41)58(47)80)56(78)66-45(23-26-50(63)73)53(75)69-52(36-8-3-1-4-9-36)37-10-5-2-6-11-37/h1-13,18,22,30-31,34,40-41,45,47-49,52,65H,15-16,19-21,23-29,32-33H2,(H2,63,73)(H,64,81)(H,66,78)(H,67,76)(H,69,75)(H,68,74,77)(H2,82,83,84)/t34?,40?,41-,45+,47+,48?,49+/m1/s1. The highest BCUT2D eigenvalue weighted by molar-refractivity contribution is 7.52. The van der Waals surface area contributed by atoms with Crippen molar-refractivity contribution < 1.29 is 66.3 Å². The first-order valence-electron chi connectivity index (χ1n) is 28.2. The minimum atomic E-state index is -5.95. The van der Waals surface area contributed by atoms with Crippen LogP contribution >= 0.6 is 7.60 Å². The third-order valence-electron chi connectivity index (χ3n) is 16.6. The summed E-state index contributed by atoms with van der Waals surface area (Å²) in [4.78, 5) is 148. The molecule has 10 amide bonds. The maximum absolute atomic E-state index is 15.1. The summed E-state index contributed by atoms with van der Waals surface area (Å²) in [5.74, 6) is 1.64. The molecule has 0 radical (unpaired) electrons. The average molecular weight is 1190 g/mol. The molecule has 22 nitrogen and oxygen atoms in total. The Kier molecular flexibility index (Phi) is 17.3. The first-order chi connectivity index (χ1) is 40.6. The number of alkyl halides is 2. The predicted molar refractivity (Wildman–Crippen MR) is 302 cm³/mol. The van der Waals surface area contributed by atoms with Crippen LogP contribution in [0, 0.1) is 17.8 Å². The number of imide groups is 1. The van der Waals surface area contributed by atoms with Crippen LogP contribution in [0.5, 0.6) is 0 Å². The number of benzene rings is 4. The van der Waals surface area contributed by atoms with Crippen molar-refractivity contribution in [3.05, 3.63) is 142 Å². The van der Waals surface area contributed by atoms with Gasteiger partial charge in [0.2, 0.25) is 35.4 Å². The zero-order valence-corrected chi connectivity index (χ0v) is 46.8. The molecule has 4 aromatic carbocycles. The molecule has 0 spiro atoms. The van der Waals surface area contributed by atoms with Gasteiger partial charge < -0.3 is 56.5 Å². The first-order valence-corrected chi connectivity index (χ1v) is 29.8. The Morgan fingerprint density at radius 1 is 0.812 bits per heavy atom. The quantitative estimate of drug-likeness (QED) is 0.0403. The van der Waals surface area contributed by atoms with E-state index in [9.17, 15) is 61.5 Å². The van der Waals surface area contributed by atoms with Gasteiger partial charge in [0.25, 0.3) is 11.8 Å². The molecule has 85 heavy (non-hydrogen) atoms. The maximum atomic E-state index is 15.1. The number of piperidine rings is 1. The fourth-order valence-corrected chi connectivity index (χ4v) is 12.5. The Hall–Kier alpha value is -8.78. The van der Waals surface area contributed by atoms with Crippen molar-refractivity contribution in [2.45, 2.75) is 125 Å². The van der Waals surface area contributed by atoms with Crippen molar-refractivity contribution in [2.75, 3.05) is 13.1 Å². The Morgan fingerprint density at radius 2 is 1.52 bits per heavy atom. The Bertz CT molecular complexity index is 3540. The molecule has 5 aromatic rings. The predicted octanol–water partition coefficient (Wildman–Crippen LogP) is 4.30. The van der Waals surface area contributed by atoms with Gasteiger partial charge in [-0.1, -0.05) is 84.6 Å². The zero-order valence-electron chi connectivity index (χ0n) is 45.9. The molecule has 444 valence electrons. The normalized spacial score (nSPS) is 22.1. The minimum Gasteiger partial charge on any atom is -0.370 e. The molecular weight excluding hydrogens is 1120 g/mol. The van der Waals surface area contributed by atoms with Crippen LogP contribution < -0.4 is 32.3 Å². The summed E-state index contributed by atoms with van der Waals surface area (Å²) in [6.07, 6.45) is 2.85. The summed E-state index contributed by atoms with van der Waals surface area (Å²) in [5, 5.41) is 13.9. The Labute approximate surface area is 486 Å². The molecule has 10 N–H and O–H groups in total. The summed E-state index contributed by atoms with van der Waals surface area (Å²) in [6, 6.07) is 20.5. The number of nitrogens with zero attached hydrogens (tertiary/aromatic N) is 3. The van der Waals surface area contributed by atoms with Crippen molar-refractivity contribution in [1.82, 2.24) is 46.3 Å². The molecule has 25 heteroatoms. The van der Waals surface area contributed by atoms with Crippen molar-refractivity contribution >= 4 is 71.8 Å². The van der Waals surface area contributed by atoms with Gasteiger partial charge in [-0.15, -0.1) is 0 Å². The van der Waals surface area contributed by atoms with Crippen molar-refractivity contribution in [3.63, 3.8) is 0 Å². The van der Waals surface area contributed by atoms with Gasteiger partial charge in [-0.25, -0.2) is 4.79 Å². The number of rotatable bonds is 15. The van der Waals surface area contributed by atoms with Crippen LogP contribution in [0.2, 0.25) is 0 Å². The number of hydrogen-bond acceptors (Lipinski definition) is 10. The molecule has 1 saturated carbocycles. The van der Waals surface area contributed by atoms with E-state index in [1.165, 1.54) is 20.8 Å².